The fourth-order valence-corrected chi connectivity index (χ4v) is 4.86. The fourth-order valence-electron chi connectivity index (χ4n) is 4.86. The molecule has 1 unspecified atom stereocenters. The van der Waals surface area contributed by atoms with E-state index in [9.17, 15) is 5.11 Å². The molecule has 0 bridgehead atoms. The maximum Gasteiger partial charge on any atom is 0.167 e. The molecule has 0 radical (unpaired) electrons. The van der Waals surface area contributed by atoms with Gasteiger partial charge in [-0.05, 0) is 48.1 Å². The molecule has 5 nitrogen and oxygen atoms in total. The fraction of sp³-hybridized carbons (Fsp3) is 0.520. The molecule has 1 atom stereocenters. The third-order valence-corrected chi connectivity index (χ3v) is 6.77. The van der Waals surface area contributed by atoms with Gasteiger partial charge in [0.05, 0.1) is 6.10 Å². The number of rotatable bonds is 6. The van der Waals surface area contributed by atoms with E-state index in [0.717, 1.165) is 55.5 Å². The molecule has 1 saturated carbocycles. The number of β-amino-alcohol motifs (C(OH)–C–C–N with tert-alkyl or cyclic N) is 1. The first-order valence-electron chi connectivity index (χ1n) is 10.9. The molecule has 162 valence electrons. The van der Waals surface area contributed by atoms with Crippen molar-refractivity contribution >= 4 is 0 Å². The Hall–Kier alpha value is -1.92. The Labute approximate surface area is 179 Å². The second-order valence-corrected chi connectivity index (χ2v) is 8.45. The van der Waals surface area contributed by atoms with Crippen molar-refractivity contribution in [2.75, 3.05) is 27.3 Å². The van der Waals surface area contributed by atoms with Crippen LogP contribution in [0, 0.1) is 0 Å². The molecule has 1 heterocycles. The van der Waals surface area contributed by atoms with E-state index in [1.807, 2.05) is 30.3 Å². The van der Waals surface area contributed by atoms with Crippen LogP contribution in [0.5, 0.6) is 5.75 Å². The molecule has 2 aliphatic rings. The van der Waals surface area contributed by atoms with Crippen LogP contribution in [-0.2, 0) is 22.5 Å². The van der Waals surface area contributed by atoms with Gasteiger partial charge in [0.1, 0.15) is 12.4 Å². The lowest BCUT2D eigenvalue weighted by atomic mass is 9.88. The van der Waals surface area contributed by atoms with Gasteiger partial charge in [0.15, 0.2) is 5.79 Å². The monoisotopic (exact) mass is 411 g/mol. The average Bonchev–Trinajstić information content (AvgIpc) is 2.97. The van der Waals surface area contributed by atoms with E-state index in [-0.39, 0.29) is 0 Å². The summed E-state index contributed by atoms with van der Waals surface area (Å²) < 4.78 is 17.3. The summed E-state index contributed by atoms with van der Waals surface area (Å²) in [5.41, 5.74) is 3.37. The highest BCUT2D eigenvalue weighted by molar-refractivity contribution is 5.38. The SMILES string of the molecule is COC1(OC)CCC(N2CCc3cc(OCc4ccccc4)ccc3C(O)C2)CC1. The summed E-state index contributed by atoms with van der Waals surface area (Å²) in [5.74, 6) is 0.426. The van der Waals surface area contributed by atoms with E-state index in [0.29, 0.717) is 19.2 Å². The topological polar surface area (TPSA) is 51.2 Å². The minimum Gasteiger partial charge on any atom is -0.489 e. The van der Waals surface area contributed by atoms with Crippen molar-refractivity contribution in [1.29, 1.82) is 0 Å². The van der Waals surface area contributed by atoms with E-state index < -0.39 is 11.9 Å². The molecule has 0 amide bonds. The third-order valence-electron chi connectivity index (χ3n) is 6.77. The maximum absolute atomic E-state index is 10.9. The Morgan fingerprint density at radius 2 is 1.77 bits per heavy atom. The summed E-state index contributed by atoms with van der Waals surface area (Å²) >= 11 is 0. The number of aliphatic hydroxyl groups is 1. The molecule has 1 aliphatic carbocycles. The first kappa shape index (κ1) is 21.3. The highest BCUT2D eigenvalue weighted by Gasteiger charge is 2.38. The van der Waals surface area contributed by atoms with Crippen LogP contribution in [0.3, 0.4) is 0 Å². The number of hydrogen-bond acceptors (Lipinski definition) is 5. The molecular formula is C25H33NO4. The van der Waals surface area contributed by atoms with Crippen LogP contribution >= 0.6 is 0 Å². The predicted molar refractivity (Wildman–Crippen MR) is 116 cm³/mol. The number of ether oxygens (including phenoxy) is 3. The van der Waals surface area contributed by atoms with Crippen LogP contribution in [0.4, 0.5) is 0 Å². The van der Waals surface area contributed by atoms with Crippen molar-refractivity contribution in [3.63, 3.8) is 0 Å². The minimum absolute atomic E-state index is 0.436. The molecule has 2 aromatic carbocycles. The lowest BCUT2D eigenvalue weighted by Gasteiger charge is -2.42. The molecular weight excluding hydrogens is 378 g/mol. The standard InChI is InChI=1S/C25H33NO4/c1-28-25(29-2)13-10-21(11-14-25)26-15-12-20-16-22(8-9-23(20)24(27)17-26)30-18-19-6-4-3-5-7-19/h3-9,16,21,24,27H,10-15,17-18H2,1-2H3. The number of aliphatic hydroxyl groups excluding tert-OH is 1. The molecule has 1 fully saturated rings. The molecule has 4 rings (SSSR count). The number of hydrogen-bond donors (Lipinski definition) is 1. The van der Waals surface area contributed by atoms with E-state index >= 15 is 0 Å². The lowest BCUT2D eigenvalue weighted by Crippen LogP contribution is -2.46. The van der Waals surface area contributed by atoms with Crippen molar-refractivity contribution in [3.8, 4) is 5.75 Å². The van der Waals surface area contributed by atoms with Gasteiger partial charge in [0, 0.05) is 46.2 Å². The van der Waals surface area contributed by atoms with Crippen LogP contribution in [-0.4, -0.2) is 49.1 Å². The zero-order valence-electron chi connectivity index (χ0n) is 18.0. The normalized spacial score (nSPS) is 22.3. The van der Waals surface area contributed by atoms with E-state index in [4.69, 9.17) is 14.2 Å². The lowest BCUT2D eigenvalue weighted by molar-refractivity contribution is -0.228. The molecule has 1 aliphatic heterocycles. The maximum atomic E-state index is 10.9. The van der Waals surface area contributed by atoms with E-state index in [1.54, 1.807) is 14.2 Å². The molecule has 30 heavy (non-hydrogen) atoms. The number of methoxy groups -OCH3 is 2. The molecule has 1 N–H and O–H groups in total. The Bertz CT molecular complexity index is 811. The largest absolute Gasteiger partial charge is 0.489 e. The summed E-state index contributed by atoms with van der Waals surface area (Å²) in [6.45, 7) is 2.18. The number of benzene rings is 2. The van der Waals surface area contributed by atoms with Gasteiger partial charge >= 0.3 is 0 Å². The van der Waals surface area contributed by atoms with Crippen molar-refractivity contribution in [1.82, 2.24) is 4.90 Å². The zero-order chi connectivity index (χ0) is 21.0. The van der Waals surface area contributed by atoms with Gasteiger partial charge in [-0.1, -0.05) is 36.4 Å². The predicted octanol–water partition coefficient (Wildman–Crippen LogP) is 4.09. The first-order chi connectivity index (χ1) is 14.6. The van der Waals surface area contributed by atoms with Crippen LogP contribution in [0.1, 0.15) is 48.5 Å². The van der Waals surface area contributed by atoms with E-state index in [1.165, 1.54) is 5.56 Å². The van der Waals surface area contributed by atoms with Gasteiger partial charge in [0.25, 0.3) is 0 Å². The summed E-state index contributed by atoms with van der Waals surface area (Å²) in [6, 6.07) is 16.8. The Kier molecular flexibility index (Phi) is 6.74. The van der Waals surface area contributed by atoms with Crippen molar-refractivity contribution in [2.24, 2.45) is 0 Å². The van der Waals surface area contributed by atoms with Crippen LogP contribution < -0.4 is 4.74 Å². The Morgan fingerprint density at radius 1 is 1.03 bits per heavy atom. The minimum atomic E-state index is -0.470. The average molecular weight is 412 g/mol. The second kappa shape index (κ2) is 9.48. The highest BCUT2D eigenvalue weighted by Crippen LogP contribution is 2.36. The van der Waals surface area contributed by atoms with Crippen molar-refractivity contribution in [3.05, 3.63) is 65.2 Å². The summed E-state index contributed by atoms with van der Waals surface area (Å²) in [7, 11) is 3.46. The van der Waals surface area contributed by atoms with E-state index in [2.05, 4.69) is 23.1 Å². The molecule has 0 spiro atoms. The van der Waals surface area contributed by atoms with Crippen LogP contribution in [0.2, 0.25) is 0 Å². The molecule has 5 heteroatoms. The van der Waals surface area contributed by atoms with Crippen LogP contribution in [0.25, 0.3) is 0 Å². The molecule has 2 aromatic rings. The third kappa shape index (κ3) is 4.70. The second-order valence-electron chi connectivity index (χ2n) is 8.45. The van der Waals surface area contributed by atoms with Gasteiger partial charge in [0.2, 0.25) is 0 Å². The summed E-state index contributed by atoms with van der Waals surface area (Å²) in [5, 5.41) is 10.9. The smallest absolute Gasteiger partial charge is 0.167 e. The van der Waals surface area contributed by atoms with Gasteiger partial charge in [-0.3, -0.25) is 4.90 Å². The van der Waals surface area contributed by atoms with Gasteiger partial charge < -0.3 is 19.3 Å². The first-order valence-corrected chi connectivity index (χ1v) is 10.9. The number of nitrogens with zero attached hydrogens (tertiary/aromatic N) is 1. The van der Waals surface area contributed by atoms with Gasteiger partial charge in [-0.2, -0.15) is 0 Å². The summed E-state index contributed by atoms with van der Waals surface area (Å²) in [6.07, 6.45) is 4.28. The Morgan fingerprint density at radius 3 is 2.47 bits per heavy atom. The number of fused-ring (bicyclic) bond motifs is 1. The molecule has 0 aromatic heterocycles. The van der Waals surface area contributed by atoms with Crippen molar-refractivity contribution in [2.45, 2.75) is 56.6 Å². The van der Waals surface area contributed by atoms with Crippen molar-refractivity contribution < 1.29 is 19.3 Å². The van der Waals surface area contributed by atoms with Gasteiger partial charge in [-0.25, -0.2) is 0 Å². The quantitative estimate of drug-likeness (QED) is 0.726. The highest BCUT2D eigenvalue weighted by atomic mass is 16.7. The van der Waals surface area contributed by atoms with Gasteiger partial charge in [-0.15, -0.1) is 0 Å². The van der Waals surface area contributed by atoms with Crippen LogP contribution in [0.15, 0.2) is 48.5 Å². The molecule has 0 saturated heterocycles. The zero-order valence-corrected chi connectivity index (χ0v) is 18.0. The summed E-state index contributed by atoms with van der Waals surface area (Å²) in [4.78, 5) is 2.45. The Balaban J connectivity index is 1.39.